The highest BCUT2D eigenvalue weighted by atomic mass is 35.5. The van der Waals surface area contributed by atoms with Gasteiger partial charge in [-0.25, -0.2) is 0 Å². The Kier molecular flexibility index (Phi) is 3.65. The fourth-order valence-corrected chi connectivity index (χ4v) is 1.09. The van der Waals surface area contributed by atoms with Gasteiger partial charge in [-0.3, -0.25) is 0 Å². The molecule has 0 aliphatic carbocycles. The number of halogens is 1. The highest BCUT2D eigenvalue weighted by Crippen LogP contribution is 2.12. The second-order valence-electron chi connectivity index (χ2n) is 2.76. The largest absolute Gasteiger partial charge is 0.150 e. The third-order valence-electron chi connectivity index (χ3n) is 1.58. The molecule has 1 aromatic rings. The van der Waals surface area contributed by atoms with Gasteiger partial charge in [0.25, 0.3) is 0 Å². The van der Waals surface area contributed by atoms with Crippen LogP contribution in [0.3, 0.4) is 0 Å². The molecule has 13 heavy (non-hydrogen) atoms. The van der Waals surface area contributed by atoms with Crippen molar-refractivity contribution in [2.75, 3.05) is 0 Å². The molecule has 1 rings (SSSR count). The van der Waals surface area contributed by atoms with Crippen LogP contribution >= 0.6 is 11.6 Å². The average Bonchev–Trinajstić information content (AvgIpc) is 2.14. The van der Waals surface area contributed by atoms with Gasteiger partial charge in [-0.05, 0) is 24.6 Å². The topological polar surface area (TPSA) is 29.4 Å². The van der Waals surface area contributed by atoms with Crippen LogP contribution in [-0.2, 0) is 0 Å². The van der Waals surface area contributed by atoms with Crippen LogP contribution in [0.4, 0.5) is 0 Å². The summed E-state index contributed by atoms with van der Waals surface area (Å²) in [6.45, 7) is 1.73. The highest BCUT2D eigenvalue weighted by molar-refractivity contribution is 6.30. The number of hydrogen-bond acceptors (Lipinski definition) is 2. The van der Waals surface area contributed by atoms with Gasteiger partial charge >= 0.3 is 0 Å². The lowest BCUT2D eigenvalue weighted by Gasteiger charge is -1.94. The summed E-state index contributed by atoms with van der Waals surface area (Å²) in [5.74, 6) is 0. The molecule has 0 N–H and O–H groups in total. The second-order valence-corrected chi connectivity index (χ2v) is 3.20. The number of nitrogens with zero attached hydrogens (tertiary/aromatic N) is 1. The normalized spacial score (nSPS) is 13.1. The minimum atomic E-state index is -0.293. The van der Waals surface area contributed by atoms with E-state index in [0.717, 1.165) is 5.56 Å². The second kappa shape index (κ2) is 4.77. The smallest absolute Gasteiger partial charge is 0.107 e. The Morgan fingerprint density at radius 1 is 1.54 bits per heavy atom. The number of hydrogen-bond donors (Lipinski definition) is 0. The zero-order valence-corrected chi connectivity index (χ0v) is 8.03. The maximum Gasteiger partial charge on any atom is 0.107 e. The van der Waals surface area contributed by atoms with Crippen molar-refractivity contribution in [2.24, 2.45) is 5.18 Å². The number of rotatable bonds is 3. The van der Waals surface area contributed by atoms with E-state index in [1.54, 1.807) is 19.1 Å². The van der Waals surface area contributed by atoms with Crippen LogP contribution in [-0.4, -0.2) is 6.04 Å². The Morgan fingerprint density at radius 2 is 2.31 bits per heavy atom. The highest BCUT2D eigenvalue weighted by Gasteiger charge is 1.93. The molecule has 1 atom stereocenters. The van der Waals surface area contributed by atoms with E-state index in [2.05, 4.69) is 5.18 Å². The minimum Gasteiger partial charge on any atom is -0.150 e. The van der Waals surface area contributed by atoms with Crippen molar-refractivity contribution in [3.05, 3.63) is 45.8 Å². The van der Waals surface area contributed by atoms with Gasteiger partial charge in [0.05, 0.1) is 0 Å². The van der Waals surface area contributed by atoms with E-state index in [4.69, 9.17) is 11.6 Å². The Balaban J connectivity index is 2.74. The van der Waals surface area contributed by atoms with Crippen LogP contribution in [0, 0.1) is 4.91 Å². The molecule has 0 saturated carbocycles. The standard InChI is InChI=1S/C10H10ClNO/c1-8(12-13)5-6-9-3-2-4-10(11)7-9/h2-8H,1H3/b6-5+. The molecule has 0 heterocycles. The summed E-state index contributed by atoms with van der Waals surface area (Å²) in [7, 11) is 0. The van der Waals surface area contributed by atoms with Gasteiger partial charge in [0, 0.05) is 5.02 Å². The molecule has 0 radical (unpaired) electrons. The first-order valence-corrected chi connectivity index (χ1v) is 4.36. The maximum absolute atomic E-state index is 10.1. The fraction of sp³-hybridized carbons (Fsp3) is 0.200. The quantitative estimate of drug-likeness (QED) is 0.679. The van der Waals surface area contributed by atoms with Gasteiger partial charge in [-0.15, -0.1) is 0 Å². The molecular weight excluding hydrogens is 186 g/mol. The van der Waals surface area contributed by atoms with Crippen molar-refractivity contribution in [1.82, 2.24) is 0 Å². The zero-order chi connectivity index (χ0) is 9.68. The third-order valence-corrected chi connectivity index (χ3v) is 1.82. The predicted octanol–water partition coefficient (Wildman–Crippen LogP) is 3.51. The van der Waals surface area contributed by atoms with E-state index >= 15 is 0 Å². The summed E-state index contributed by atoms with van der Waals surface area (Å²) >= 11 is 5.77. The summed E-state index contributed by atoms with van der Waals surface area (Å²) in [5.41, 5.74) is 0.975. The Bertz CT molecular complexity index is 322. The number of nitroso groups, excluding NO2 is 1. The van der Waals surface area contributed by atoms with Crippen molar-refractivity contribution in [3.8, 4) is 0 Å². The molecule has 0 saturated heterocycles. The molecule has 0 amide bonds. The first-order valence-electron chi connectivity index (χ1n) is 3.98. The molecule has 2 nitrogen and oxygen atoms in total. The zero-order valence-electron chi connectivity index (χ0n) is 7.27. The van der Waals surface area contributed by atoms with E-state index in [0.29, 0.717) is 5.02 Å². The third kappa shape index (κ3) is 3.38. The van der Waals surface area contributed by atoms with Crippen molar-refractivity contribution in [1.29, 1.82) is 0 Å². The lowest BCUT2D eigenvalue weighted by molar-refractivity contribution is 0.920. The van der Waals surface area contributed by atoms with E-state index in [9.17, 15) is 4.91 Å². The molecule has 0 aliphatic rings. The van der Waals surface area contributed by atoms with E-state index < -0.39 is 0 Å². The van der Waals surface area contributed by atoms with Crippen molar-refractivity contribution in [2.45, 2.75) is 13.0 Å². The summed E-state index contributed by atoms with van der Waals surface area (Å²) < 4.78 is 0. The molecule has 3 heteroatoms. The maximum atomic E-state index is 10.1. The Labute approximate surface area is 82.2 Å². The molecule has 68 valence electrons. The molecular formula is C10H10ClNO. The molecule has 0 spiro atoms. The summed E-state index contributed by atoms with van der Waals surface area (Å²) in [6, 6.07) is 7.12. The molecule has 1 aromatic carbocycles. The summed E-state index contributed by atoms with van der Waals surface area (Å²) in [6.07, 6.45) is 3.57. The van der Waals surface area contributed by atoms with Gasteiger partial charge in [-0.1, -0.05) is 41.1 Å². The monoisotopic (exact) mass is 195 g/mol. The first-order chi connectivity index (χ1) is 6.22. The Hall–Kier alpha value is -1.15. The van der Waals surface area contributed by atoms with Crippen LogP contribution in [0.15, 0.2) is 35.5 Å². The molecule has 0 aliphatic heterocycles. The number of benzene rings is 1. The van der Waals surface area contributed by atoms with Crippen LogP contribution in [0.1, 0.15) is 12.5 Å². The molecule has 0 fully saturated rings. The predicted molar refractivity (Wildman–Crippen MR) is 55.7 cm³/mol. The first kappa shape index (κ1) is 9.93. The van der Waals surface area contributed by atoms with E-state index in [1.165, 1.54) is 0 Å². The van der Waals surface area contributed by atoms with E-state index in [1.807, 2.05) is 24.3 Å². The minimum absolute atomic E-state index is 0.293. The fourth-order valence-electron chi connectivity index (χ4n) is 0.896. The van der Waals surface area contributed by atoms with Crippen molar-refractivity contribution < 1.29 is 0 Å². The lowest BCUT2D eigenvalue weighted by atomic mass is 10.2. The summed E-state index contributed by atoms with van der Waals surface area (Å²) in [4.78, 5) is 10.1. The van der Waals surface area contributed by atoms with Gasteiger partial charge < -0.3 is 0 Å². The van der Waals surface area contributed by atoms with Gasteiger partial charge in [0.15, 0.2) is 0 Å². The van der Waals surface area contributed by atoms with Gasteiger partial charge in [0.1, 0.15) is 6.04 Å². The van der Waals surface area contributed by atoms with Gasteiger partial charge in [-0.2, -0.15) is 4.91 Å². The van der Waals surface area contributed by atoms with Crippen molar-refractivity contribution >= 4 is 17.7 Å². The SMILES string of the molecule is CC(/C=C/c1cccc(Cl)c1)N=O. The molecule has 0 bridgehead atoms. The summed E-state index contributed by atoms with van der Waals surface area (Å²) in [5, 5.41) is 3.54. The van der Waals surface area contributed by atoms with Crippen LogP contribution < -0.4 is 0 Å². The van der Waals surface area contributed by atoms with Crippen LogP contribution in [0.2, 0.25) is 5.02 Å². The molecule has 1 unspecified atom stereocenters. The average molecular weight is 196 g/mol. The van der Waals surface area contributed by atoms with Crippen LogP contribution in [0.25, 0.3) is 6.08 Å². The Morgan fingerprint density at radius 3 is 2.92 bits per heavy atom. The van der Waals surface area contributed by atoms with Gasteiger partial charge in [0.2, 0.25) is 0 Å². The van der Waals surface area contributed by atoms with Crippen LogP contribution in [0.5, 0.6) is 0 Å². The lowest BCUT2D eigenvalue weighted by Crippen LogP contribution is -1.87. The van der Waals surface area contributed by atoms with E-state index in [-0.39, 0.29) is 6.04 Å². The molecule has 0 aromatic heterocycles. The van der Waals surface area contributed by atoms with Crippen molar-refractivity contribution in [3.63, 3.8) is 0 Å².